The van der Waals surface area contributed by atoms with Crippen LogP contribution in [0.4, 0.5) is 0 Å². The summed E-state index contributed by atoms with van der Waals surface area (Å²) in [6.45, 7) is 3.15. The molecule has 3 aliphatic rings. The van der Waals surface area contributed by atoms with Gasteiger partial charge < -0.3 is 20.3 Å². The minimum absolute atomic E-state index is 0.214. The number of carbonyl (C=O) groups is 1. The van der Waals surface area contributed by atoms with Gasteiger partial charge in [0.05, 0.1) is 18.4 Å². The lowest BCUT2D eigenvalue weighted by molar-refractivity contribution is 0.0767. The molecule has 1 aromatic rings. The van der Waals surface area contributed by atoms with Gasteiger partial charge in [-0.3, -0.25) is 14.8 Å². The van der Waals surface area contributed by atoms with Gasteiger partial charge in [0.1, 0.15) is 5.69 Å². The summed E-state index contributed by atoms with van der Waals surface area (Å²) in [5.74, 6) is 1.99. The van der Waals surface area contributed by atoms with E-state index < -0.39 is 0 Å². The average molecular weight is 344 g/mol. The van der Waals surface area contributed by atoms with Crippen molar-refractivity contribution in [3.05, 3.63) is 24.3 Å². The first-order chi connectivity index (χ1) is 12.3. The Bertz CT molecular complexity index is 634. The number of aromatic nitrogens is 2. The predicted molar refractivity (Wildman–Crippen MR) is 92.2 cm³/mol. The van der Waals surface area contributed by atoms with Crippen molar-refractivity contribution in [3.63, 3.8) is 0 Å². The molecule has 0 spiro atoms. The number of ether oxygens (including phenoxy) is 1. The van der Waals surface area contributed by atoms with Crippen molar-refractivity contribution in [2.45, 2.75) is 25.0 Å². The van der Waals surface area contributed by atoms with Gasteiger partial charge in [-0.05, 0) is 12.8 Å². The van der Waals surface area contributed by atoms with E-state index in [9.17, 15) is 4.79 Å². The van der Waals surface area contributed by atoms with Crippen LogP contribution in [0, 0.1) is 11.8 Å². The quantitative estimate of drug-likeness (QED) is 0.450. The summed E-state index contributed by atoms with van der Waals surface area (Å²) >= 11 is 0. The number of rotatable bonds is 4. The Morgan fingerprint density at radius 2 is 1.96 bits per heavy atom. The van der Waals surface area contributed by atoms with E-state index in [0.717, 1.165) is 19.0 Å². The Hall–Kier alpha value is -2.22. The number of amides is 1. The summed E-state index contributed by atoms with van der Waals surface area (Å²) in [5, 5.41) is 6.18. The van der Waals surface area contributed by atoms with Crippen LogP contribution >= 0.6 is 0 Å². The Kier molecular flexibility index (Phi) is 4.52. The number of guanidine groups is 1. The molecule has 4 atom stereocenters. The summed E-state index contributed by atoms with van der Waals surface area (Å²) in [5.41, 5.74) is 0.328. The number of carbonyl (C=O) groups excluding carboxylic acids is 1. The maximum absolute atomic E-state index is 11.9. The van der Waals surface area contributed by atoms with Crippen molar-refractivity contribution in [2.24, 2.45) is 16.8 Å². The van der Waals surface area contributed by atoms with Gasteiger partial charge in [-0.2, -0.15) is 0 Å². The molecule has 8 nitrogen and oxygen atoms in total. The lowest BCUT2D eigenvalue weighted by Gasteiger charge is -2.23. The van der Waals surface area contributed by atoms with E-state index in [1.807, 2.05) is 0 Å². The number of fused-ring (bicyclic) bond motifs is 5. The number of likely N-dealkylation sites (tertiary alicyclic amines) is 1. The topological polar surface area (TPSA) is 91.7 Å². The van der Waals surface area contributed by atoms with Crippen molar-refractivity contribution in [1.29, 1.82) is 0 Å². The van der Waals surface area contributed by atoms with Gasteiger partial charge in [-0.15, -0.1) is 0 Å². The van der Waals surface area contributed by atoms with E-state index in [-0.39, 0.29) is 5.91 Å². The third-order valence-corrected chi connectivity index (χ3v) is 5.45. The van der Waals surface area contributed by atoms with Gasteiger partial charge in [0.2, 0.25) is 0 Å². The third kappa shape index (κ3) is 3.18. The normalized spacial score (nSPS) is 30.4. The van der Waals surface area contributed by atoms with Gasteiger partial charge >= 0.3 is 0 Å². The first-order valence-corrected chi connectivity index (χ1v) is 8.91. The molecule has 2 bridgehead atoms. The molecule has 4 rings (SSSR count). The lowest BCUT2D eigenvalue weighted by Crippen LogP contribution is -2.44. The number of hydrogen-bond acceptors (Lipinski definition) is 5. The molecule has 0 saturated carbocycles. The van der Waals surface area contributed by atoms with Crippen LogP contribution in [0.25, 0.3) is 0 Å². The molecule has 0 radical (unpaired) electrons. The molecule has 8 heteroatoms. The van der Waals surface area contributed by atoms with Gasteiger partial charge in [0, 0.05) is 57.5 Å². The molecule has 1 amide bonds. The second kappa shape index (κ2) is 6.95. The zero-order valence-electron chi connectivity index (χ0n) is 14.4. The van der Waals surface area contributed by atoms with Crippen LogP contribution in [0.1, 0.15) is 23.3 Å². The Morgan fingerprint density at radius 1 is 1.24 bits per heavy atom. The molecule has 2 N–H and O–H groups in total. The molecule has 3 fully saturated rings. The molecule has 3 aliphatic heterocycles. The van der Waals surface area contributed by atoms with E-state index in [4.69, 9.17) is 4.74 Å². The van der Waals surface area contributed by atoms with Crippen molar-refractivity contribution in [2.75, 3.05) is 33.2 Å². The van der Waals surface area contributed by atoms with Crippen LogP contribution < -0.4 is 10.6 Å². The molecule has 4 heterocycles. The monoisotopic (exact) mass is 344 g/mol. The Balaban J connectivity index is 1.23. The van der Waals surface area contributed by atoms with E-state index in [1.54, 1.807) is 13.2 Å². The fourth-order valence-electron chi connectivity index (χ4n) is 4.32. The Labute approximate surface area is 147 Å². The number of aliphatic imine (C=N–C) groups is 1. The highest BCUT2D eigenvalue weighted by atomic mass is 16.5. The smallest absolute Gasteiger partial charge is 0.271 e. The second-order valence-corrected chi connectivity index (χ2v) is 6.84. The summed E-state index contributed by atoms with van der Waals surface area (Å²) in [4.78, 5) is 26.5. The molecule has 4 unspecified atom stereocenters. The lowest BCUT2D eigenvalue weighted by atomic mass is 9.82. The van der Waals surface area contributed by atoms with E-state index in [2.05, 4.69) is 30.5 Å². The minimum Gasteiger partial charge on any atom is -0.374 e. The fraction of sp³-hybridized carbons (Fsp3) is 0.647. The third-order valence-electron chi connectivity index (χ3n) is 5.45. The standard InChI is InChI=1S/C17H24N6O2/c1-18-17(22-7-6-21-16(24)13-8-19-4-5-20-13)23-9-11-12(10-23)15-3-2-14(11)25-15/h4-5,8,11-12,14-15H,2-3,6-7,9-10H2,1H3,(H,18,22)(H,21,24). The van der Waals surface area contributed by atoms with Crippen LogP contribution in [0.2, 0.25) is 0 Å². The van der Waals surface area contributed by atoms with Crippen molar-refractivity contribution >= 4 is 11.9 Å². The van der Waals surface area contributed by atoms with Gasteiger partial charge in [-0.1, -0.05) is 0 Å². The predicted octanol–water partition coefficient (Wildman–Crippen LogP) is -0.109. The van der Waals surface area contributed by atoms with Crippen LogP contribution in [-0.4, -0.2) is 72.2 Å². The maximum atomic E-state index is 11.9. The molecule has 0 aromatic carbocycles. The minimum atomic E-state index is -0.214. The highest BCUT2D eigenvalue weighted by Gasteiger charge is 2.53. The maximum Gasteiger partial charge on any atom is 0.271 e. The highest BCUT2D eigenvalue weighted by Crippen LogP contribution is 2.47. The van der Waals surface area contributed by atoms with Gasteiger partial charge in [0.25, 0.3) is 5.91 Å². The highest BCUT2D eigenvalue weighted by molar-refractivity contribution is 5.91. The molecular formula is C17H24N6O2. The van der Waals surface area contributed by atoms with Crippen LogP contribution in [0.15, 0.2) is 23.6 Å². The van der Waals surface area contributed by atoms with E-state index in [0.29, 0.717) is 42.8 Å². The zero-order valence-corrected chi connectivity index (χ0v) is 14.4. The van der Waals surface area contributed by atoms with Gasteiger partial charge in [0.15, 0.2) is 5.96 Å². The number of nitrogens with one attached hydrogen (secondary N) is 2. The SMILES string of the molecule is CN=C(NCCNC(=O)c1cnccn1)N1CC2C3CCC(O3)C2C1. The first-order valence-electron chi connectivity index (χ1n) is 8.91. The molecule has 25 heavy (non-hydrogen) atoms. The zero-order chi connectivity index (χ0) is 17.2. The molecule has 134 valence electrons. The van der Waals surface area contributed by atoms with Crippen molar-refractivity contribution in [3.8, 4) is 0 Å². The van der Waals surface area contributed by atoms with E-state index >= 15 is 0 Å². The van der Waals surface area contributed by atoms with Crippen molar-refractivity contribution < 1.29 is 9.53 Å². The van der Waals surface area contributed by atoms with Crippen LogP contribution in [-0.2, 0) is 4.74 Å². The largest absolute Gasteiger partial charge is 0.374 e. The summed E-state index contributed by atoms with van der Waals surface area (Å²) < 4.78 is 6.02. The van der Waals surface area contributed by atoms with E-state index in [1.165, 1.54) is 25.2 Å². The van der Waals surface area contributed by atoms with Gasteiger partial charge in [-0.25, -0.2) is 4.98 Å². The second-order valence-electron chi connectivity index (χ2n) is 6.84. The molecule has 3 saturated heterocycles. The molecule has 0 aliphatic carbocycles. The number of hydrogen-bond donors (Lipinski definition) is 2. The molecular weight excluding hydrogens is 320 g/mol. The average Bonchev–Trinajstić information content (AvgIpc) is 3.35. The van der Waals surface area contributed by atoms with Crippen LogP contribution in [0.3, 0.4) is 0 Å². The summed E-state index contributed by atoms with van der Waals surface area (Å²) in [6.07, 6.45) is 7.83. The number of nitrogens with zero attached hydrogens (tertiary/aromatic N) is 4. The fourth-order valence-corrected chi connectivity index (χ4v) is 4.32. The summed E-state index contributed by atoms with van der Waals surface area (Å²) in [7, 11) is 1.81. The first kappa shape index (κ1) is 16.3. The van der Waals surface area contributed by atoms with Crippen LogP contribution in [0.5, 0.6) is 0 Å². The summed E-state index contributed by atoms with van der Waals surface area (Å²) in [6, 6.07) is 0. The van der Waals surface area contributed by atoms with Crippen molar-refractivity contribution in [1.82, 2.24) is 25.5 Å². The molecule has 1 aromatic heterocycles. The Morgan fingerprint density at radius 3 is 2.60 bits per heavy atom.